The Kier molecular flexibility index (Phi) is 8.76. The zero-order valence-corrected chi connectivity index (χ0v) is 13.2. The van der Waals surface area contributed by atoms with Crippen LogP contribution in [-0.4, -0.2) is 42.5 Å². The van der Waals surface area contributed by atoms with Crippen molar-refractivity contribution in [3.05, 3.63) is 0 Å². The van der Waals surface area contributed by atoms with E-state index in [1.54, 1.807) is 20.8 Å². The van der Waals surface area contributed by atoms with E-state index in [0.717, 1.165) is 6.42 Å². The molecule has 0 bridgehead atoms. The van der Waals surface area contributed by atoms with E-state index in [4.69, 9.17) is 4.74 Å². The maximum atomic E-state index is 11.6. The molecular weight excluding hydrogens is 280 g/mol. The van der Waals surface area contributed by atoms with Crippen LogP contribution in [-0.2, 0) is 14.3 Å². The van der Waals surface area contributed by atoms with Gasteiger partial charge in [0.15, 0.2) is 0 Å². The molecule has 20 heavy (non-hydrogen) atoms. The number of rotatable bonds is 7. The summed E-state index contributed by atoms with van der Waals surface area (Å²) in [5, 5.41) is 4.79. The van der Waals surface area contributed by atoms with E-state index >= 15 is 0 Å². The number of amides is 1. The van der Waals surface area contributed by atoms with Crippen LogP contribution >= 0.6 is 12.2 Å². The number of unbranched alkanes of at least 4 members (excludes halogenated alkanes) is 1. The summed E-state index contributed by atoms with van der Waals surface area (Å²) in [7, 11) is 1.28. The second-order valence-electron chi connectivity index (χ2n) is 5.19. The van der Waals surface area contributed by atoms with E-state index in [1.165, 1.54) is 7.11 Å². The number of thiocarbonyl (C=S) groups is 1. The zero-order valence-electron chi connectivity index (χ0n) is 12.4. The molecule has 0 aromatic heterocycles. The van der Waals surface area contributed by atoms with Crippen molar-refractivity contribution < 1.29 is 19.1 Å². The Bertz CT molecular complexity index is 373. The largest absolute Gasteiger partial charge is 0.467 e. The molecule has 0 saturated carbocycles. The van der Waals surface area contributed by atoms with E-state index in [9.17, 15) is 9.59 Å². The number of hydrogen-bond acceptors (Lipinski definition) is 6. The van der Waals surface area contributed by atoms with E-state index in [-0.39, 0.29) is 0 Å². The molecule has 0 spiro atoms. The summed E-state index contributed by atoms with van der Waals surface area (Å²) < 4.78 is 9.77. The number of alkyl carbamates (subject to hydrolysis) is 1. The summed E-state index contributed by atoms with van der Waals surface area (Å²) in [6.07, 6.45) is 1.28. The van der Waals surface area contributed by atoms with Gasteiger partial charge in [-0.15, -0.1) is 0 Å². The average Bonchev–Trinajstić information content (AvgIpc) is 2.34. The van der Waals surface area contributed by atoms with Gasteiger partial charge in [0, 0.05) is 6.54 Å². The SMILES string of the molecule is COC(=O)[C@@H](CCCCN=C=S)NC(=O)OC(C)(C)C. The molecule has 0 radical (unpaired) electrons. The van der Waals surface area contributed by atoms with Crippen LogP contribution in [0.25, 0.3) is 0 Å². The molecule has 0 fully saturated rings. The third-order valence-electron chi connectivity index (χ3n) is 2.25. The van der Waals surface area contributed by atoms with Crippen molar-refractivity contribution in [2.45, 2.75) is 51.7 Å². The third-order valence-corrected chi connectivity index (χ3v) is 2.38. The number of methoxy groups -OCH3 is 1. The van der Waals surface area contributed by atoms with E-state index in [2.05, 4.69) is 32.4 Å². The fourth-order valence-corrected chi connectivity index (χ4v) is 1.52. The minimum Gasteiger partial charge on any atom is -0.467 e. The summed E-state index contributed by atoms with van der Waals surface area (Å²) >= 11 is 4.46. The fraction of sp³-hybridized carbons (Fsp3) is 0.769. The minimum absolute atomic E-state index is 0.457. The number of hydrogen-bond donors (Lipinski definition) is 1. The summed E-state index contributed by atoms with van der Waals surface area (Å²) in [6, 6.07) is -0.716. The van der Waals surface area contributed by atoms with Crippen LogP contribution in [0.15, 0.2) is 4.99 Å². The van der Waals surface area contributed by atoms with Crippen LogP contribution in [0.1, 0.15) is 40.0 Å². The van der Waals surface area contributed by atoms with Gasteiger partial charge in [0.25, 0.3) is 0 Å². The maximum absolute atomic E-state index is 11.6. The predicted molar refractivity (Wildman–Crippen MR) is 78.9 cm³/mol. The van der Waals surface area contributed by atoms with Crippen molar-refractivity contribution in [3.63, 3.8) is 0 Å². The quantitative estimate of drug-likeness (QED) is 0.338. The molecule has 6 nitrogen and oxygen atoms in total. The Hall–Kier alpha value is -1.46. The fourth-order valence-electron chi connectivity index (χ4n) is 1.43. The molecule has 1 atom stereocenters. The molecule has 0 aliphatic heterocycles. The van der Waals surface area contributed by atoms with Crippen LogP contribution in [0.3, 0.4) is 0 Å². The highest BCUT2D eigenvalue weighted by Gasteiger charge is 2.24. The van der Waals surface area contributed by atoms with Gasteiger partial charge in [-0.25, -0.2) is 14.6 Å². The molecule has 1 amide bonds. The highest BCUT2D eigenvalue weighted by molar-refractivity contribution is 7.78. The van der Waals surface area contributed by atoms with Crippen LogP contribution in [0.4, 0.5) is 4.79 Å². The van der Waals surface area contributed by atoms with E-state index in [0.29, 0.717) is 19.4 Å². The van der Waals surface area contributed by atoms with Gasteiger partial charge in [-0.05, 0) is 52.3 Å². The zero-order chi connectivity index (χ0) is 15.6. The Labute approximate surface area is 124 Å². The summed E-state index contributed by atoms with van der Waals surface area (Å²) in [5.74, 6) is -0.491. The first-order chi connectivity index (χ1) is 9.30. The smallest absolute Gasteiger partial charge is 0.408 e. The van der Waals surface area contributed by atoms with Gasteiger partial charge in [-0.3, -0.25) is 0 Å². The van der Waals surface area contributed by atoms with Crippen LogP contribution in [0.5, 0.6) is 0 Å². The normalized spacial score (nSPS) is 12.0. The maximum Gasteiger partial charge on any atom is 0.408 e. The number of ether oxygens (including phenoxy) is 2. The first kappa shape index (κ1) is 18.5. The van der Waals surface area contributed by atoms with Crippen molar-refractivity contribution in [1.82, 2.24) is 5.32 Å². The lowest BCUT2D eigenvalue weighted by Crippen LogP contribution is -2.44. The Balaban J connectivity index is 4.31. The summed E-state index contributed by atoms with van der Waals surface area (Å²) in [6.45, 7) is 5.82. The van der Waals surface area contributed by atoms with Gasteiger partial charge in [0.2, 0.25) is 0 Å². The van der Waals surface area contributed by atoms with Gasteiger partial charge >= 0.3 is 12.1 Å². The van der Waals surface area contributed by atoms with Crippen molar-refractivity contribution in [3.8, 4) is 0 Å². The molecular formula is C13H22N2O4S. The minimum atomic E-state index is -0.716. The number of nitrogens with one attached hydrogen (secondary N) is 1. The topological polar surface area (TPSA) is 77.0 Å². The Morgan fingerprint density at radius 2 is 2.00 bits per heavy atom. The molecule has 0 heterocycles. The number of nitrogens with zero attached hydrogens (tertiary/aromatic N) is 1. The first-order valence-electron chi connectivity index (χ1n) is 6.41. The number of esters is 1. The predicted octanol–water partition coefficient (Wildman–Crippen LogP) is 2.33. The van der Waals surface area contributed by atoms with Crippen LogP contribution in [0.2, 0.25) is 0 Å². The molecule has 0 aliphatic rings. The van der Waals surface area contributed by atoms with Crippen molar-refractivity contribution in [2.75, 3.05) is 13.7 Å². The summed E-state index contributed by atoms with van der Waals surface area (Å²) in [5.41, 5.74) is -0.612. The second-order valence-corrected chi connectivity index (χ2v) is 5.37. The Morgan fingerprint density at radius 1 is 1.35 bits per heavy atom. The Morgan fingerprint density at radius 3 is 2.50 bits per heavy atom. The van der Waals surface area contributed by atoms with Crippen molar-refractivity contribution in [1.29, 1.82) is 0 Å². The average molecular weight is 302 g/mol. The van der Waals surface area contributed by atoms with Gasteiger partial charge in [-0.1, -0.05) is 0 Å². The van der Waals surface area contributed by atoms with E-state index < -0.39 is 23.7 Å². The molecule has 0 unspecified atom stereocenters. The van der Waals surface area contributed by atoms with Gasteiger partial charge in [-0.2, -0.15) is 0 Å². The van der Waals surface area contributed by atoms with Crippen molar-refractivity contribution >= 4 is 29.4 Å². The lowest BCUT2D eigenvalue weighted by Gasteiger charge is -2.22. The third kappa shape index (κ3) is 9.47. The monoisotopic (exact) mass is 302 g/mol. The standard InChI is InChI=1S/C13H22N2O4S/c1-13(2,3)19-12(17)15-10(11(16)18-4)7-5-6-8-14-9-20/h10H,5-8H2,1-4H3,(H,15,17)/t10-/m1/s1. The first-order valence-corrected chi connectivity index (χ1v) is 6.82. The molecule has 1 N–H and O–H groups in total. The molecule has 0 aromatic rings. The number of carbonyl (C=O) groups excluding carboxylic acids is 2. The van der Waals surface area contributed by atoms with Gasteiger partial charge < -0.3 is 14.8 Å². The summed E-state index contributed by atoms with van der Waals surface area (Å²) in [4.78, 5) is 27.0. The number of isothiocyanates is 1. The molecule has 7 heteroatoms. The number of aliphatic imine (C=N–C) groups is 1. The molecule has 0 aliphatic carbocycles. The van der Waals surface area contributed by atoms with E-state index in [1.807, 2.05) is 0 Å². The lowest BCUT2D eigenvalue weighted by atomic mass is 10.1. The molecule has 0 saturated heterocycles. The number of carbonyl (C=O) groups is 2. The van der Waals surface area contributed by atoms with Crippen LogP contribution < -0.4 is 5.32 Å². The second kappa shape index (κ2) is 9.44. The van der Waals surface area contributed by atoms with Gasteiger partial charge in [0.1, 0.15) is 11.6 Å². The van der Waals surface area contributed by atoms with Crippen LogP contribution in [0, 0.1) is 0 Å². The highest BCUT2D eigenvalue weighted by Crippen LogP contribution is 2.09. The van der Waals surface area contributed by atoms with Gasteiger partial charge in [0.05, 0.1) is 12.3 Å². The lowest BCUT2D eigenvalue weighted by molar-refractivity contribution is -0.143. The molecule has 114 valence electrons. The van der Waals surface area contributed by atoms with Crippen molar-refractivity contribution in [2.24, 2.45) is 4.99 Å². The molecule has 0 aromatic carbocycles. The molecule has 0 rings (SSSR count). The highest BCUT2D eigenvalue weighted by atomic mass is 32.1.